The predicted octanol–water partition coefficient (Wildman–Crippen LogP) is 6.92. The molecule has 0 aliphatic carbocycles. The molecule has 0 saturated heterocycles. The van der Waals surface area contributed by atoms with E-state index in [0.717, 1.165) is 17.5 Å². The average Bonchev–Trinajstić information content (AvgIpc) is 2.66. The maximum atomic E-state index is 10.6. The van der Waals surface area contributed by atoms with Gasteiger partial charge in [0.1, 0.15) is 0 Å². The Morgan fingerprint density at radius 3 is 1.66 bits per heavy atom. The second-order valence-electron chi connectivity index (χ2n) is 11.4. The van der Waals surface area contributed by atoms with Crippen LogP contribution in [0.15, 0.2) is 18.2 Å². The molecule has 0 amide bonds. The van der Waals surface area contributed by atoms with Crippen LogP contribution in [0, 0.1) is 0 Å². The Kier molecular flexibility index (Phi) is 9.17. The molecule has 0 radical (unpaired) electrons. The molecular weight excluding hydrogens is 507 g/mol. The first kappa shape index (κ1) is 29.9. The number of rotatable bonds is 9. The molecule has 1 aromatic carbocycles. The first-order valence-corrected chi connectivity index (χ1v) is 17.4. The molecule has 1 N–H and O–H groups in total. The zero-order valence-corrected chi connectivity index (χ0v) is 25.7. The zero-order valence-electron chi connectivity index (χ0n) is 22.3. The first-order valence-electron chi connectivity index (χ1n) is 11.2. The van der Waals surface area contributed by atoms with Gasteiger partial charge in [0.2, 0.25) is 0 Å². The second-order valence-corrected chi connectivity index (χ2v) is 25.3. The molecule has 0 spiro atoms. The molecule has 0 unspecified atom stereocenters. The molecular formula is C24H46BrO5PSi. The standard InChI is InChI=1S/C24H46BrO5PSi/c1-22(2,3)31(25,23(4,5)6,24(7,8)9)21-18-19(26)14-15-20(21)30-16-13-17-32(27-10,28-11)29-12/h14-15,18,26H,13,16-17H2,1-12H3. The molecule has 0 aromatic heterocycles. The molecule has 0 heterocycles. The summed E-state index contributed by atoms with van der Waals surface area (Å²) in [6, 6.07) is 6.20. The third-order valence-electron chi connectivity index (χ3n) is 6.99. The Morgan fingerprint density at radius 2 is 1.28 bits per heavy atom. The number of hydrogen-bond donors (Lipinski definition) is 1. The summed E-state index contributed by atoms with van der Waals surface area (Å²) in [6.07, 6.45) is 0.737. The summed E-state index contributed by atoms with van der Waals surface area (Å²) < 4.78 is 23.0. The van der Waals surface area contributed by atoms with Gasteiger partial charge in [-0.2, -0.15) is 0 Å². The van der Waals surface area contributed by atoms with E-state index in [2.05, 4.69) is 77.8 Å². The average molecular weight is 554 g/mol. The van der Waals surface area contributed by atoms with E-state index in [9.17, 15) is 5.11 Å². The first-order chi connectivity index (χ1) is 14.4. The van der Waals surface area contributed by atoms with Crippen molar-refractivity contribution in [3.63, 3.8) is 0 Å². The maximum absolute atomic E-state index is 10.6. The summed E-state index contributed by atoms with van der Waals surface area (Å²) >= 11 is 4.51. The van der Waals surface area contributed by atoms with Crippen molar-refractivity contribution in [3.05, 3.63) is 18.2 Å². The van der Waals surface area contributed by atoms with Gasteiger partial charge in [0, 0.05) is 0 Å². The number of hydrogen-bond acceptors (Lipinski definition) is 5. The van der Waals surface area contributed by atoms with Crippen molar-refractivity contribution in [2.24, 2.45) is 0 Å². The van der Waals surface area contributed by atoms with Gasteiger partial charge in [-0.25, -0.2) is 0 Å². The van der Waals surface area contributed by atoms with E-state index in [1.807, 2.05) is 12.1 Å². The molecule has 5 nitrogen and oxygen atoms in total. The molecule has 0 bridgehead atoms. The van der Waals surface area contributed by atoms with Crippen molar-refractivity contribution in [1.82, 2.24) is 0 Å². The van der Waals surface area contributed by atoms with Gasteiger partial charge in [-0.3, -0.25) is 0 Å². The molecule has 0 saturated carbocycles. The fourth-order valence-corrected chi connectivity index (χ4v) is 17.7. The van der Waals surface area contributed by atoms with Crippen LogP contribution < -0.4 is 10.0 Å². The van der Waals surface area contributed by atoms with Gasteiger partial charge in [0.15, 0.2) is 0 Å². The minimum atomic E-state index is -3.03. The number of aromatic hydroxyl groups is 1. The van der Waals surface area contributed by atoms with Gasteiger partial charge >= 0.3 is 206 Å². The molecule has 0 fully saturated rings. The Hall–Kier alpha value is -0.173. The van der Waals surface area contributed by atoms with Crippen LogP contribution in [-0.4, -0.2) is 57.3 Å². The van der Waals surface area contributed by atoms with Gasteiger partial charge in [0.05, 0.1) is 0 Å². The Labute approximate surface area is 205 Å². The van der Waals surface area contributed by atoms with E-state index >= 15 is 0 Å². The summed E-state index contributed by atoms with van der Waals surface area (Å²) in [5.41, 5.74) is 0. The number of benzene rings is 1. The molecule has 0 atom stereocenters. The van der Waals surface area contributed by atoms with Crippen LogP contribution in [0.5, 0.6) is 11.5 Å². The van der Waals surface area contributed by atoms with Crippen LogP contribution in [0.1, 0.15) is 68.7 Å². The van der Waals surface area contributed by atoms with Crippen molar-refractivity contribution in [2.45, 2.75) is 90.2 Å². The van der Waals surface area contributed by atoms with Crippen molar-refractivity contribution in [2.75, 3.05) is 27.9 Å². The van der Waals surface area contributed by atoms with E-state index in [-0.39, 0.29) is 21.2 Å². The van der Waals surface area contributed by atoms with Crippen LogP contribution >= 0.6 is 20.8 Å². The van der Waals surface area contributed by atoms with Crippen LogP contribution in [-0.2, 0) is 13.3 Å². The zero-order chi connectivity index (χ0) is 25.3. The normalized spacial score (nSPS) is 15.3. The Morgan fingerprint density at radius 1 is 0.844 bits per heavy atom. The topological polar surface area (TPSA) is 57.2 Å². The van der Waals surface area contributed by atoms with Crippen LogP contribution in [0.3, 0.4) is 0 Å². The summed E-state index contributed by atoms with van der Waals surface area (Å²) in [7, 11) is 2.24. The van der Waals surface area contributed by atoms with Gasteiger partial charge in [-0.05, 0) is 0 Å². The van der Waals surface area contributed by atoms with Crippen LogP contribution in [0.25, 0.3) is 0 Å². The summed E-state index contributed by atoms with van der Waals surface area (Å²) in [4.78, 5) is 0. The monoisotopic (exact) mass is 552 g/mol. The van der Waals surface area contributed by atoms with Gasteiger partial charge in [0.25, 0.3) is 0 Å². The van der Waals surface area contributed by atoms with Gasteiger partial charge < -0.3 is 0 Å². The third-order valence-corrected chi connectivity index (χ3v) is 29.4. The fourth-order valence-electron chi connectivity index (χ4n) is 6.09. The quantitative estimate of drug-likeness (QED) is 0.204. The van der Waals surface area contributed by atoms with Crippen molar-refractivity contribution in [1.29, 1.82) is 0 Å². The number of phenols is 1. The number of ether oxygens (including phenoxy) is 1. The molecule has 0 aliphatic rings. The molecule has 0 aliphatic heterocycles. The van der Waals surface area contributed by atoms with Gasteiger partial charge in [-0.15, -0.1) is 0 Å². The minimum absolute atomic E-state index is 0.113. The number of phenolic OH excluding ortho intramolecular Hbond substituents is 1. The van der Waals surface area contributed by atoms with Crippen LogP contribution in [0.2, 0.25) is 6.04 Å². The van der Waals surface area contributed by atoms with E-state index in [1.165, 1.54) is 0 Å². The van der Waals surface area contributed by atoms with Crippen molar-refractivity contribution >= 4 is 34.9 Å². The molecule has 1 rings (SSSR count). The number of halogens is 1. The third kappa shape index (κ3) is 4.55. The van der Waals surface area contributed by atoms with E-state index in [0.29, 0.717) is 12.7 Å². The molecule has 188 valence electrons. The molecule has 32 heavy (non-hydrogen) atoms. The Balaban J connectivity index is 3.60. The van der Waals surface area contributed by atoms with Gasteiger partial charge in [-0.1, -0.05) is 0 Å². The SMILES string of the molecule is CO[Si](CCCOc1ccc(O)cc1P(Br)(C(C)(C)C)(C(C)(C)C)C(C)(C)C)(OC)OC. The molecule has 8 heteroatoms. The predicted molar refractivity (Wildman–Crippen MR) is 145 cm³/mol. The Bertz CT molecular complexity index is 729. The molecule has 1 aromatic rings. The summed E-state index contributed by atoms with van der Waals surface area (Å²) in [6.45, 7) is 21.2. The van der Waals surface area contributed by atoms with Crippen LogP contribution in [0.4, 0.5) is 0 Å². The van der Waals surface area contributed by atoms with Crippen molar-refractivity contribution < 1.29 is 23.1 Å². The van der Waals surface area contributed by atoms with Crippen molar-refractivity contribution in [3.8, 4) is 11.5 Å². The van der Waals surface area contributed by atoms with E-state index in [4.69, 9.17) is 18.0 Å². The second kappa shape index (κ2) is 9.83. The van der Waals surface area contributed by atoms with E-state index in [1.54, 1.807) is 27.4 Å². The fraction of sp³-hybridized carbons (Fsp3) is 0.750. The summed E-state index contributed by atoms with van der Waals surface area (Å²) in [5, 5.41) is 8.30. The summed E-state index contributed by atoms with van der Waals surface area (Å²) in [5.74, 6) is 1.07. The van der Waals surface area contributed by atoms with E-state index < -0.39 is 14.1 Å².